The molecular weight excluding hydrogens is 190 g/mol. The molecule has 0 N–H and O–H groups in total. The lowest BCUT2D eigenvalue weighted by molar-refractivity contribution is 0.0519. The molecule has 4 heteroatoms. The van der Waals surface area contributed by atoms with E-state index in [1.54, 1.807) is 0 Å². The Hall–Kier alpha value is -1.51. The molecule has 0 heterocycles. The molecule has 78 valence electrons. The third-order valence-electron chi connectivity index (χ3n) is 2.69. The second-order valence-electron chi connectivity index (χ2n) is 3.55. The van der Waals surface area contributed by atoms with Crippen LogP contribution in [0.4, 0.5) is 0 Å². The third-order valence-corrected chi connectivity index (χ3v) is 2.69. The molecule has 0 unspecified atom stereocenters. The van der Waals surface area contributed by atoms with Gasteiger partial charge in [0.25, 0.3) is 0 Å². The van der Waals surface area contributed by atoms with E-state index in [0.717, 1.165) is 12.0 Å². The fraction of sp³-hybridized carbons (Fsp3) is 0.455. The molecular formula is C11H13N3O. The Morgan fingerprint density at radius 1 is 1.53 bits per heavy atom. The van der Waals surface area contributed by atoms with Crippen molar-refractivity contribution in [2.24, 2.45) is 5.11 Å². The molecule has 1 aromatic rings. The first-order chi connectivity index (χ1) is 7.36. The van der Waals surface area contributed by atoms with E-state index in [4.69, 9.17) is 10.3 Å². The minimum Gasteiger partial charge on any atom is -0.373 e. The van der Waals surface area contributed by atoms with Crippen molar-refractivity contribution in [3.63, 3.8) is 0 Å². The number of rotatable bonds is 3. The minimum absolute atomic E-state index is 0.0675. The van der Waals surface area contributed by atoms with Gasteiger partial charge in [0, 0.05) is 11.5 Å². The average molecular weight is 203 g/mol. The molecule has 0 aromatic heterocycles. The van der Waals surface area contributed by atoms with E-state index in [1.165, 1.54) is 5.56 Å². The first kappa shape index (κ1) is 10.0. The number of hydrogen-bond donors (Lipinski definition) is 0. The Kier molecular flexibility index (Phi) is 2.90. The van der Waals surface area contributed by atoms with Gasteiger partial charge < -0.3 is 4.74 Å². The molecule has 0 aliphatic heterocycles. The van der Waals surface area contributed by atoms with Crippen LogP contribution in [0.15, 0.2) is 29.4 Å². The van der Waals surface area contributed by atoms with Crippen LogP contribution in [0, 0.1) is 0 Å². The van der Waals surface area contributed by atoms with Gasteiger partial charge in [-0.25, -0.2) is 0 Å². The largest absolute Gasteiger partial charge is 0.373 e. The molecule has 0 spiro atoms. The standard InChI is InChI=1S/C11H13N3O/c1-2-15-11-9-6-4-3-5-8(9)7-10(11)13-14-12/h3-6,10-11H,2,7H2,1H3/t10-,11-/m0/s1. The molecule has 0 fully saturated rings. The quantitative estimate of drug-likeness (QED) is 0.423. The molecule has 2 atom stereocenters. The number of hydrogen-bond acceptors (Lipinski definition) is 2. The van der Waals surface area contributed by atoms with Gasteiger partial charge in [-0.05, 0) is 30.0 Å². The fourth-order valence-corrected chi connectivity index (χ4v) is 2.09. The highest BCUT2D eigenvalue weighted by molar-refractivity contribution is 5.36. The van der Waals surface area contributed by atoms with Crippen LogP contribution in [0.1, 0.15) is 24.2 Å². The number of fused-ring (bicyclic) bond motifs is 1. The summed E-state index contributed by atoms with van der Waals surface area (Å²) in [7, 11) is 0. The van der Waals surface area contributed by atoms with Crippen LogP contribution in [-0.2, 0) is 11.2 Å². The number of ether oxygens (including phenoxy) is 1. The van der Waals surface area contributed by atoms with Crippen LogP contribution in [0.5, 0.6) is 0 Å². The van der Waals surface area contributed by atoms with Crippen molar-refractivity contribution in [3.05, 3.63) is 45.8 Å². The topological polar surface area (TPSA) is 58.0 Å². The fourth-order valence-electron chi connectivity index (χ4n) is 2.09. The molecule has 2 rings (SSSR count). The van der Waals surface area contributed by atoms with Crippen molar-refractivity contribution in [2.75, 3.05) is 6.61 Å². The zero-order valence-corrected chi connectivity index (χ0v) is 8.63. The zero-order valence-electron chi connectivity index (χ0n) is 8.63. The van der Waals surface area contributed by atoms with E-state index in [9.17, 15) is 0 Å². The number of nitrogens with zero attached hydrogens (tertiary/aromatic N) is 3. The monoisotopic (exact) mass is 203 g/mol. The van der Waals surface area contributed by atoms with Gasteiger partial charge in [0.05, 0.1) is 12.1 Å². The van der Waals surface area contributed by atoms with E-state index >= 15 is 0 Å². The summed E-state index contributed by atoms with van der Waals surface area (Å²) in [6.45, 7) is 2.59. The predicted molar refractivity (Wildman–Crippen MR) is 57.4 cm³/mol. The van der Waals surface area contributed by atoms with Crippen molar-refractivity contribution in [1.29, 1.82) is 0 Å². The predicted octanol–water partition coefficient (Wildman–Crippen LogP) is 3.00. The molecule has 0 radical (unpaired) electrons. The zero-order chi connectivity index (χ0) is 10.7. The molecule has 1 aliphatic rings. The van der Waals surface area contributed by atoms with Gasteiger partial charge in [0.2, 0.25) is 0 Å². The van der Waals surface area contributed by atoms with Gasteiger partial charge in [-0.15, -0.1) is 0 Å². The maximum atomic E-state index is 8.49. The lowest BCUT2D eigenvalue weighted by atomic mass is 10.1. The van der Waals surface area contributed by atoms with Crippen LogP contribution in [0.2, 0.25) is 0 Å². The molecule has 0 amide bonds. The summed E-state index contributed by atoms with van der Waals surface area (Å²) in [4.78, 5) is 2.88. The van der Waals surface area contributed by atoms with E-state index in [-0.39, 0.29) is 12.1 Å². The molecule has 1 aliphatic carbocycles. The van der Waals surface area contributed by atoms with E-state index in [2.05, 4.69) is 16.1 Å². The second kappa shape index (κ2) is 4.34. The lowest BCUT2D eigenvalue weighted by Gasteiger charge is -2.15. The van der Waals surface area contributed by atoms with Crippen LogP contribution >= 0.6 is 0 Å². The van der Waals surface area contributed by atoms with Crippen LogP contribution in [0.25, 0.3) is 10.4 Å². The summed E-state index contributed by atoms with van der Waals surface area (Å²) in [6, 6.07) is 8.01. The highest BCUT2D eigenvalue weighted by Gasteiger charge is 2.31. The van der Waals surface area contributed by atoms with Crippen LogP contribution in [0.3, 0.4) is 0 Å². The Morgan fingerprint density at radius 2 is 2.33 bits per heavy atom. The maximum absolute atomic E-state index is 8.49. The van der Waals surface area contributed by atoms with Crippen molar-refractivity contribution >= 4 is 0 Å². The van der Waals surface area contributed by atoms with Crippen molar-refractivity contribution in [2.45, 2.75) is 25.5 Å². The number of benzene rings is 1. The summed E-state index contributed by atoms with van der Waals surface area (Å²) in [5.74, 6) is 0. The lowest BCUT2D eigenvalue weighted by Crippen LogP contribution is -2.14. The summed E-state index contributed by atoms with van der Waals surface area (Å²) in [5.41, 5.74) is 10.9. The summed E-state index contributed by atoms with van der Waals surface area (Å²) in [5, 5.41) is 3.79. The summed E-state index contributed by atoms with van der Waals surface area (Å²) in [6.07, 6.45) is 0.715. The van der Waals surface area contributed by atoms with Gasteiger partial charge in [0.15, 0.2) is 0 Å². The van der Waals surface area contributed by atoms with E-state index in [0.29, 0.717) is 6.61 Å². The smallest absolute Gasteiger partial charge is 0.0915 e. The Morgan fingerprint density at radius 3 is 3.07 bits per heavy atom. The molecule has 0 bridgehead atoms. The van der Waals surface area contributed by atoms with Crippen LogP contribution in [-0.4, -0.2) is 12.6 Å². The Bertz CT molecular complexity index is 399. The van der Waals surface area contributed by atoms with Crippen LogP contribution < -0.4 is 0 Å². The van der Waals surface area contributed by atoms with Crippen molar-refractivity contribution < 1.29 is 4.74 Å². The Labute approximate surface area is 88.5 Å². The second-order valence-corrected chi connectivity index (χ2v) is 3.55. The molecule has 1 aromatic carbocycles. The first-order valence-corrected chi connectivity index (χ1v) is 5.10. The Balaban J connectivity index is 2.32. The third kappa shape index (κ3) is 1.82. The molecule has 0 saturated heterocycles. The number of azide groups is 1. The molecule has 15 heavy (non-hydrogen) atoms. The van der Waals surface area contributed by atoms with Gasteiger partial charge in [-0.1, -0.05) is 29.4 Å². The normalized spacial score (nSPS) is 23.3. The first-order valence-electron chi connectivity index (χ1n) is 5.10. The maximum Gasteiger partial charge on any atom is 0.0915 e. The minimum atomic E-state index is -0.0904. The van der Waals surface area contributed by atoms with Crippen molar-refractivity contribution in [1.82, 2.24) is 0 Å². The van der Waals surface area contributed by atoms with E-state index < -0.39 is 0 Å². The highest BCUT2D eigenvalue weighted by Crippen LogP contribution is 2.35. The molecule has 4 nitrogen and oxygen atoms in total. The average Bonchev–Trinajstić information content (AvgIpc) is 2.59. The SMILES string of the molecule is CCO[C@H]1c2ccccc2C[C@@H]1N=[N+]=[N-]. The molecule has 0 saturated carbocycles. The highest BCUT2D eigenvalue weighted by atomic mass is 16.5. The van der Waals surface area contributed by atoms with Gasteiger partial charge in [-0.3, -0.25) is 0 Å². The van der Waals surface area contributed by atoms with Gasteiger partial charge in [-0.2, -0.15) is 0 Å². The summed E-state index contributed by atoms with van der Waals surface area (Å²) < 4.78 is 5.63. The van der Waals surface area contributed by atoms with Crippen molar-refractivity contribution in [3.8, 4) is 0 Å². The van der Waals surface area contributed by atoms with Gasteiger partial charge in [0.1, 0.15) is 0 Å². The van der Waals surface area contributed by atoms with E-state index in [1.807, 2.05) is 25.1 Å². The summed E-state index contributed by atoms with van der Waals surface area (Å²) >= 11 is 0. The van der Waals surface area contributed by atoms with Gasteiger partial charge >= 0.3 is 0 Å².